The van der Waals surface area contributed by atoms with Gasteiger partial charge in [-0.1, -0.05) is 161 Å². The van der Waals surface area contributed by atoms with Crippen molar-refractivity contribution in [1.82, 2.24) is 0 Å². The van der Waals surface area contributed by atoms with Crippen LogP contribution in [0.2, 0.25) is 0 Å². The van der Waals surface area contributed by atoms with E-state index in [9.17, 15) is 9.90 Å². The molecule has 2 unspecified atom stereocenters. The second-order valence-corrected chi connectivity index (χ2v) is 11.4. The first-order valence-corrected chi connectivity index (χ1v) is 16.5. The van der Waals surface area contributed by atoms with Gasteiger partial charge in [0.2, 0.25) is 0 Å². The molecule has 0 aromatic rings. The van der Waals surface area contributed by atoms with E-state index >= 15 is 0 Å². The summed E-state index contributed by atoms with van der Waals surface area (Å²) in [6.45, 7) is 4.55. The number of allylic oxidation sites excluding steroid dienone is 2. The Morgan fingerprint density at radius 3 is 1.19 bits per heavy atom. The molecule has 36 heavy (non-hydrogen) atoms. The Labute approximate surface area is 227 Å². The summed E-state index contributed by atoms with van der Waals surface area (Å²) in [5.41, 5.74) is 0. The van der Waals surface area contributed by atoms with Crippen LogP contribution in [0.25, 0.3) is 0 Å². The number of unbranched alkanes of at least 4 members (excludes halogenated alkanes) is 22. The molecule has 0 saturated carbocycles. The second kappa shape index (κ2) is 30.6. The van der Waals surface area contributed by atoms with Crippen molar-refractivity contribution in [2.24, 2.45) is 5.92 Å². The molecule has 0 fully saturated rings. The summed E-state index contributed by atoms with van der Waals surface area (Å²) in [7, 11) is 0. The lowest BCUT2D eigenvalue weighted by atomic mass is 9.92. The summed E-state index contributed by atoms with van der Waals surface area (Å²) in [5, 5.41) is 10.4. The van der Waals surface area contributed by atoms with Gasteiger partial charge in [-0.2, -0.15) is 0 Å². The zero-order valence-corrected chi connectivity index (χ0v) is 24.8. The highest BCUT2D eigenvalue weighted by Crippen LogP contribution is 2.19. The molecule has 0 saturated heterocycles. The van der Waals surface area contributed by atoms with Crippen LogP contribution in [0.1, 0.15) is 187 Å². The number of aliphatic hydroxyl groups is 1. The number of aldehydes is 1. The van der Waals surface area contributed by atoms with Gasteiger partial charge in [-0.3, -0.25) is 0 Å². The molecule has 214 valence electrons. The molecule has 0 amide bonds. The highest BCUT2D eigenvalue weighted by atomic mass is 16.3. The van der Waals surface area contributed by atoms with Crippen LogP contribution in [0.15, 0.2) is 12.2 Å². The van der Waals surface area contributed by atoms with Crippen LogP contribution in [0.4, 0.5) is 0 Å². The van der Waals surface area contributed by atoms with Crippen LogP contribution in [0.3, 0.4) is 0 Å². The van der Waals surface area contributed by atoms with E-state index in [0.717, 1.165) is 32.0 Å². The number of rotatable bonds is 30. The predicted octanol–water partition coefficient (Wildman–Crippen LogP) is 11.3. The molecular weight excluding hydrogens is 440 g/mol. The van der Waals surface area contributed by atoms with Gasteiger partial charge in [0.1, 0.15) is 6.29 Å². The van der Waals surface area contributed by atoms with E-state index in [1.165, 1.54) is 148 Å². The van der Waals surface area contributed by atoms with Crippen molar-refractivity contribution in [3.8, 4) is 0 Å². The van der Waals surface area contributed by atoms with Crippen molar-refractivity contribution in [2.45, 2.75) is 193 Å². The zero-order valence-electron chi connectivity index (χ0n) is 24.8. The van der Waals surface area contributed by atoms with E-state index in [1.54, 1.807) is 0 Å². The van der Waals surface area contributed by atoms with Crippen molar-refractivity contribution < 1.29 is 9.90 Å². The third-order valence-electron chi connectivity index (χ3n) is 7.82. The Kier molecular flexibility index (Phi) is 30.1. The maximum atomic E-state index is 11.5. The standard InChI is InChI=1S/C34H66O2/c1-3-5-7-9-11-13-15-17-18-19-21-23-25-27-29-31-34(36)33(32-35)30-28-26-24-22-20-16-14-12-10-8-6-4-2/h17-18,32-34,36H,3-16,19-31H2,1-2H3. The number of aliphatic hydroxyl groups excluding tert-OH is 1. The average Bonchev–Trinajstić information content (AvgIpc) is 2.89. The number of carbonyl (C=O) groups excluding carboxylic acids is 1. The van der Waals surface area contributed by atoms with Gasteiger partial charge in [0.05, 0.1) is 6.10 Å². The van der Waals surface area contributed by atoms with E-state index in [2.05, 4.69) is 26.0 Å². The SMILES string of the molecule is CCCCCCCCC=CCCCCCCCC(O)C(C=O)CCCCCCCCCCCCCC. The summed E-state index contributed by atoms with van der Waals surface area (Å²) in [5.74, 6) is -0.148. The Morgan fingerprint density at radius 2 is 0.806 bits per heavy atom. The molecule has 2 atom stereocenters. The molecule has 2 heteroatoms. The van der Waals surface area contributed by atoms with Gasteiger partial charge in [-0.25, -0.2) is 0 Å². The topological polar surface area (TPSA) is 37.3 Å². The molecule has 0 aromatic heterocycles. The third kappa shape index (κ3) is 26.4. The fourth-order valence-corrected chi connectivity index (χ4v) is 5.21. The molecule has 0 aliphatic rings. The Morgan fingerprint density at radius 1 is 0.472 bits per heavy atom. The first-order chi connectivity index (χ1) is 17.8. The normalized spacial score (nSPS) is 13.4. The highest BCUT2D eigenvalue weighted by molar-refractivity contribution is 5.54. The van der Waals surface area contributed by atoms with E-state index in [4.69, 9.17) is 0 Å². The van der Waals surface area contributed by atoms with Gasteiger partial charge in [-0.05, 0) is 38.5 Å². The van der Waals surface area contributed by atoms with E-state index in [-0.39, 0.29) is 5.92 Å². The van der Waals surface area contributed by atoms with Crippen LogP contribution < -0.4 is 0 Å². The summed E-state index contributed by atoms with van der Waals surface area (Å²) in [6.07, 6.45) is 39.8. The molecule has 0 bridgehead atoms. The predicted molar refractivity (Wildman–Crippen MR) is 161 cm³/mol. The number of carbonyl (C=O) groups is 1. The number of hydrogen-bond donors (Lipinski definition) is 1. The first-order valence-electron chi connectivity index (χ1n) is 16.5. The Bertz CT molecular complexity index is 444. The second-order valence-electron chi connectivity index (χ2n) is 11.4. The summed E-state index contributed by atoms with van der Waals surface area (Å²) < 4.78 is 0. The molecule has 1 N–H and O–H groups in total. The lowest BCUT2D eigenvalue weighted by Gasteiger charge is -2.17. The van der Waals surface area contributed by atoms with Crippen molar-refractivity contribution >= 4 is 6.29 Å². The van der Waals surface area contributed by atoms with Gasteiger partial charge in [0.25, 0.3) is 0 Å². The molecule has 0 rings (SSSR count). The molecule has 0 aliphatic heterocycles. The van der Waals surface area contributed by atoms with Crippen molar-refractivity contribution in [3.63, 3.8) is 0 Å². The van der Waals surface area contributed by atoms with Crippen molar-refractivity contribution in [1.29, 1.82) is 0 Å². The summed E-state index contributed by atoms with van der Waals surface area (Å²) >= 11 is 0. The van der Waals surface area contributed by atoms with Crippen LogP contribution in [-0.2, 0) is 4.79 Å². The molecule has 0 radical (unpaired) electrons. The van der Waals surface area contributed by atoms with Crippen LogP contribution in [-0.4, -0.2) is 17.5 Å². The third-order valence-corrected chi connectivity index (χ3v) is 7.82. The van der Waals surface area contributed by atoms with Crippen LogP contribution in [0.5, 0.6) is 0 Å². The van der Waals surface area contributed by atoms with Gasteiger partial charge >= 0.3 is 0 Å². The minimum atomic E-state index is -0.430. The molecular formula is C34H66O2. The minimum Gasteiger partial charge on any atom is -0.392 e. The maximum absolute atomic E-state index is 11.5. The van der Waals surface area contributed by atoms with Crippen LogP contribution in [0, 0.1) is 5.92 Å². The summed E-state index contributed by atoms with van der Waals surface area (Å²) in [4.78, 5) is 11.5. The van der Waals surface area contributed by atoms with Gasteiger partial charge in [0.15, 0.2) is 0 Å². The van der Waals surface area contributed by atoms with Gasteiger partial charge in [0, 0.05) is 5.92 Å². The fraction of sp³-hybridized carbons (Fsp3) is 0.912. The fourth-order valence-electron chi connectivity index (χ4n) is 5.21. The zero-order chi connectivity index (χ0) is 26.4. The first kappa shape index (κ1) is 35.4. The molecule has 0 aliphatic carbocycles. The lowest BCUT2D eigenvalue weighted by molar-refractivity contribution is -0.114. The highest BCUT2D eigenvalue weighted by Gasteiger charge is 2.17. The monoisotopic (exact) mass is 507 g/mol. The van der Waals surface area contributed by atoms with E-state index in [0.29, 0.717) is 0 Å². The smallest absolute Gasteiger partial charge is 0.125 e. The lowest BCUT2D eigenvalue weighted by Crippen LogP contribution is -2.21. The quantitative estimate of drug-likeness (QED) is 0.0597. The van der Waals surface area contributed by atoms with E-state index in [1.807, 2.05) is 0 Å². The Hall–Kier alpha value is -0.630. The van der Waals surface area contributed by atoms with E-state index < -0.39 is 6.10 Å². The largest absolute Gasteiger partial charge is 0.392 e. The average molecular weight is 507 g/mol. The number of hydrogen-bond acceptors (Lipinski definition) is 2. The molecule has 0 heterocycles. The Balaban J connectivity index is 3.46. The van der Waals surface area contributed by atoms with Crippen molar-refractivity contribution in [3.05, 3.63) is 12.2 Å². The molecule has 0 spiro atoms. The van der Waals surface area contributed by atoms with Crippen molar-refractivity contribution in [2.75, 3.05) is 0 Å². The van der Waals surface area contributed by atoms with Crippen LogP contribution >= 0.6 is 0 Å². The van der Waals surface area contributed by atoms with Gasteiger partial charge < -0.3 is 9.90 Å². The summed E-state index contributed by atoms with van der Waals surface area (Å²) in [6, 6.07) is 0. The van der Waals surface area contributed by atoms with Gasteiger partial charge in [-0.15, -0.1) is 0 Å². The minimum absolute atomic E-state index is 0.148. The maximum Gasteiger partial charge on any atom is 0.125 e. The molecule has 0 aromatic carbocycles. The molecule has 2 nitrogen and oxygen atoms in total.